The Hall–Kier alpha value is -3.09. The molecule has 0 unspecified atom stereocenters. The molecule has 0 spiro atoms. The van der Waals surface area contributed by atoms with Crippen LogP contribution in [0.15, 0.2) is 36.4 Å². The van der Waals surface area contributed by atoms with E-state index in [1.807, 2.05) is 23.1 Å². The van der Waals surface area contributed by atoms with Crippen LogP contribution in [-0.4, -0.2) is 28.6 Å². The molecule has 28 heavy (non-hydrogen) atoms. The Balaban J connectivity index is 1.63. The number of fused-ring (bicyclic) bond motifs is 1. The minimum absolute atomic E-state index is 0.0275. The van der Waals surface area contributed by atoms with Gasteiger partial charge < -0.3 is 14.4 Å². The lowest BCUT2D eigenvalue weighted by atomic mass is 10.1. The molecule has 1 saturated carbocycles. The van der Waals surface area contributed by atoms with E-state index in [4.69, 9.17) is 9.47 Å². The lowest BCUT2D eigenvalue weighted by Gasteiger charge is -2.29. The number of nitrogens with zero attached hydrogens (tertiary/aromatic N) is 2. The van der Waals surface area contributed by atoms with Crippen LogP contribution >= 0.6 is 0 Å². The van der Waals surface area contributed by atoms with Gasteiger partial charge in [0.25, 0.3) is 11.6 Å². The number of benzene rings is 2. The van der Waals surface area contributed by atoms with Crippen molar-refractivity contribution in [2.45, 2.75) is 45.2 Å². The van der Waals surface area contributed by atoms with Crippen LogP contribution < -0.4 is 9.47 Å². The predicted octanol–water partition coefficient (Wildman–Crippen LogP) is 4.22. The van der Waals surface area contributed by atoms with E-state index in [0.29, 0.717) is 29.2 Å². The summed E-state index contributed by atoms with van der Waals surface area (Å²) in [7, 11) is 0. The quantitative estimate of drug-likeness (QED) is 0.571. The van der Waals surface area contributed by atoms with Crippen LogP contribution in [0.4, 0.5) is 5.69 Å². The molecule has 0 aromatic heterocycles. The Morgan fingerprint density at radius 2 is 1.89 bits per heavy atom. The van der Waals surface area contributed by atoms with Crippen LogP contribution in [0, 0.1) is 17.0 Å². The highest BCUT2D eigenvalue weighted by Gasteiger charge is 2.29. The third-order valence-electron chi connectivity index (χ3n) is 5.47. The van der Waals surface area contributed by atoms with Gasteiger partial charge in [-0.3, -0.25) is 14.9 Å². The van der Waals surface area contributed by atoms with Gasteiger partial charge in [0.05, 0.1) is 4.92 Å². The monoisotopic (exact) mass is 382 g/mol. The van der Waals surface area contributed by atoms with Gasteiger partial charge in [-0.05, 0) is 43.5 Å². The summed E-state index contributed by atoms with van der Waals surface area (Å²) >= 11 is 0. The van der Waals surface area contributed by atoms with Crippen molar-refractivity contribution in [3.05, 3.63) is 63.2 Å². The molecule has 7 nitrogen and oxygen atoms in total. The first kappa shape index (κ1) is 18.3. The second kappa shape index (κ2) is 7.50. The summed E-state index contributed by atoms with van der Waals surface area (Å²) in [4.78, 5) is 26.0. The molecule has 146 valence electrons. The largest absolute Gasteiger partial charge is 0.454 e. The second-order valence-corrected chi connectivity index (χ2v) is 7.32. The summed E-state index contributed by atoms with van der Waals surface area (Å²) in [6.45, 7) is 2.31. The fourth-order valence-corrected chi connectivity index (χ4v) is 3.92. The maximum atomic E-state index is 13.3. The van der Waals surface area contributed by atoms with Crippen LogP contribution in [0.5, 0.6) is 11.5 Å². The van der Waals surface area contributed by atoms with Crippen LogP contribution in [0.2, 0.25) is 0 Å². The third-order valence-corrected chi connectivity index (χ3v) is 5.47. The van der Waals surface area contributed by atoms with Crippen molar-refractivity contribution >= 4 is 11.6 Å². The lowest BCUT2D eigenvalue weighted by Crippen LogP contribution is -2.38. The Kier molecular flexibility index (Phi) is 4.90. The van der Waals surface area contributed by atoms with Crippen molar-refractivity contribution in [3.63, 3.8) is 0 Å². The van der Waals surface area contributed by atoms with Gasteiger partial charge in [0.1, 0.15) is 0 Å². The Morgan fingerprint density at radius 3 is 2.64 bits per heavy atom. The van der Waals surface area contributed by atoms with Crippen molar-refractivity contribution in [3.8, 4) is 11.5 Å². The summed E-state index contributed by atoms with van der Waals surface area (Å²) in [6.07, 6.45) is 4.07. The number of hydrogen-bond acceptors (Lipinski definition) is 5. The summed E-state index contributed by atoms with van der Waals surface area (Å²) in [5.41, 5.74) is 1.82. The Morgan fingerprint density at radius 1 is 1.14 bits per heavy atom. The highest BCUT2D eigenvalue weighted by molar-refractivity contribution is 5.95. The molecule has 2 aliphatic rings. The van der Waals surface area contributed by atoms with Gasteiger partial charge in [0.15, 0.2) is 11.5 Å². The standard InChI is InChI=1S/C21H22N2O5/c1-14-6-8-16(11-18(14)23(25)26)21(24)22(17-4-2-3-5-17)12-15-7-9-19-20(10-15)28-13-27-19/h6-11,17H,2-5,12-13H2,1H3. The Labute approximate surface area is 163 Å². The number of amides is 1. The molecule has 1 amide bonds. The van der Waals surface area contributed by atoms with Crippen molar-refractivity contribution in [1.29, 1.82) is 0 Å². The maximum absolute atomic E-state index is 13.3. The number of ether oxygens (including phenoxy) is 2. The molecular weight excluding hydrogens is 360 g/mol. The van der Waals surface area contributed by atoms with E-state index >= 15 is 0 Å². The SMILES string of the molecule is Cc1ccc(C(=O)N(Cc2ccc3c(c2)OCO3)C2CCCC2)cc1[N+](=O)[O-]. The van der Waals surface area contributed by atoms with E-state index in [9.17, 15) is 14.9 Å². The first-order valence-corrected chi connectivity index (χ1v) is 9.47. The molecule has 1 heterocycles. The molecule has 2 aromatic rings. The summed E-state index contributed by atoms with van der Waals surface area (Å²) in [6, 6.07) is 10.5. The predicted molar refractivity (Wildman–Crippen MR) is 103 cm³/mol. The summed E-state index contributed by atoms with van der Waals surface area (Å²) < 4.78 is 10.8. The zero-order valence-electron chi connectivity index (χ0n) is 15.7. The van der Waals surface area contributed by atoms with Crippen molar-refractivity contribution in [2.24, 2.45) is 0 Å². The van der Waals surface area contributed by atoms with Gasteiger partial charge in [-0.25, -0.2) is 0 Å². The van der Waals surface area contributed by atoms with Crippen LogP contribution in [0.25, 0.3) is 0 Å². The van der Waals surface area contributed by atoms with Gasteiger partial charge in [0.2, 0.25) is 6.79 Å². The summed E-state index contributed by atoms with van der Waals surface area (Å²) in [5.74, 6) is 1.21. The van der Waals surface area contributed by atoms with Gasteiger partial charge >= 0.3 is 0 Å². The molecule has 0 bridgehead atoms. The molecule has 1 fully saturated rings. The minimum Gasteiger partial charge on any atom is -0.454 e. The zero-order valence-corrected chi connectivity index (χ0v) is 15.7. The molecular formula is C21H22N2O5. The normalized spacial score (nSPS) is 15.6. The maximum Gasteiger partial charge on any atom is 0.273 e. The number of carbonyl (C=O) groups is 1. The number of nitro groups is 1. The number of carbonyl (C=O) groups excluding carboxylic acids is 1. The van der Waals surface area contributed by atoms with E-state index in [2.05, 4.69) is 0 Å². The minimum atomic E-state index is -0.441. The highest BCUT2D eigenvalue weighted by Crippen LogP contribution is 2.34. The number of aryl methyl sites for hydroxylation is 1. The van der Waals surface area contributed by atoms with Crippen LogP contribution in [0.1, 0.15) is 47.2 Å². The molecule has 1 aliphatic heterocycles. The van der Waals surface area contributed by atoms with Crippen LogP contribution in [0.3, 0.4) is 0 Å². The Bertz CT molecular complexity index is 921. The summed E-state index contributed by atoms with van der Waals surface area (Å²) in [5, 5.41) is 11.3. The lowest BCUT2D eigenvalue weighted by molar-refractivity contribution is -0.385. The molecule has 2 aromatic carbocycles. The highest BCUT2D eigenvalue weighted by atomic mass is 16.7. The van der Waals surface area contributed by atoms with Gasteiger partial charge in [-0.15, -0.1) is 0 Å². The van der Waals surface area contributed by atoms with E-state index in [1.54, 1.807) is 19.1 Å². The van der Waals surface area contributed by atoms with E-state index < -0.39 is 4.92 Å². The topological polar surface area (TPSA) is 81.9 Å². The van der Waals surface area contributed by atoms with E-state index in [-0.39, 0.29) is 24.4 Å². The molecule has 1 aliphatic carbocycles. The fourth-order valence-electron chi connectivity index (χ4n) is 3.92. The van der Waals surface area contributed by atoms with Gasteiger partial charge in [-0.2, -0.15) is 0 Å². The number of nitro benzene ring substituents is 1. The molecule has 0 N–H and O–H groups in total. The van der Waals surface area contributed by atoms with Crippen molar-refractivity contribution in [1.82, 2.24) is 4.90 Å². The first-order chi connectivity index (χ1) is 13.5. The second-order valence-electron chi connectivity index (χ2n) is 7.32. The number of hydrogen-bond donors (Lipinski definition) is 0. The average molecular weight is 382 g/mol. The molecule has 4 rings (SSSR count). The third kappa shape index (κ3) is 3.52. The van der Waals surface area contributed by atoms with Crippen molar-refractivity contribution in [2.75, 3.05) is 6.79 Å². The number of rotatable bonds is 5. The van der Waals surface area contributed by atoms with E-state index in [1.165, 1.54) is 6.07 Å². The van der Waals surface area contributed by atoms with Gasteiger partial charge in [0, 0.05) is 29.8 Å². The van der Waals surface area contributed by atoms with Crippen LogP contribution in [-0.2, 0) is 6.54 Å². The smallest absolute Gasteiger partial charge is 0.273 e. The average Bonchev–Trinajstić information content (AvgIpc) is 3.37. The van der Waals surface area contributed by atoms with Gasteiger partial charge in [-0.1, -0.05) is 25.0 Å². The fraction of sp³-hybridized carbons (Fsp3) is 0.381. The van der Waals surface area contributed by atoms with E-state index in [0.717, 1.165) is 31.2 Å². The molecule has 0 radical (unpaired) electrons. The molecule has 0 atom stereocenters. The van der Waals surface area contributed by atoms with Crippen molar-refractivity contribution < 1.29 is 19.2 Å². The molecule has 0 saturated heterocycles. The zero-order chi connectivity index (χ0) is 19.7. The molecule has 7 heteroatoms. The first-order valence-electron chi connectivity index (χ1n) is 9.47.